The zero-order valence-electron chi connectivity index (χ0n) is 10.6. The van der Waals surface area contributed by atoms with Crippen LogP contribution >= 0.6 is 0 Å². The summed E-state index contributed by atoms with van der Waals surface area (Å²) in [6.07, 6.45) is 0. The molecule has 1 aromatic carbocycles. The third kappa shape index (κ3) is 4.65. The van der Waals surface area contributed by atoms with Crippen LogP contribution in [0.1, 0.15) is 17.3 Å². The number of nitrogens with zero attached hydrogens (tertiary/aromatic N) is 1. The van der Waals surface area contributed by atoms with Gasteiger partial charge in [0.15, 0.2) is 5.78 Å². The van der Waals surface area contributed by atoms with Crippen molar-refractivity contribution >= 4 is 17.4 Å². The van der Waals surface area contributed by atoms with Crippen molar-refractivity contribution in [1.29, 1.82) is 0 Å². The van der Waals surface area contributed by atoms with E-state index in [9.17, 15) is 9.59 Å². The number of aliphatic hydroxyl groups excluding tert-OH is 1. The van der Waals surface area contributed by atoms with Crippen LogP contribution in [0.4, 0.5) is 5.69 Å². The number of likely N-dealkylation sites (N-methyl/N-ethyl adjacent to an activating group) is 1. The molecule has 0 fully saturated rings. The van der Waals surface area contributed by atoms with Gasteiger partial charge in [-0.1, -0.05) is 0 Å². The molecule has 1 amide bonds. The van der Waals surface area contributed by atoms with E-state index < -0.39 is 0 Å². The zero-order valence-corrected chi connectivity index (χ0v) is 10.6. The van der Waals surface area contributed by atoms with Gasteiger partial charge in [0.1, 0.15) is 0 Å². The highest BCUT2D eigenvalue weighted by Gasteiger charge is 2.06. The maximum atomic E-state index is 11.6. The summed E-state index contributed by atoms with van der Waals surface area (Å²) in [6, 6.07) is 6.74. The molecular formula is C13H18N2O3. The number of hydrogen-bond donors (Lipinski definition) is 2. The number of aliphatic hydroxyl groups is 1. The summed E-state index contributed by atoms with van der Waals surface area (Å²) in [5.74, 6) is -0.155. The van der Waals surface area contributed by atoms with E-state index in [2.05, 4.69) is 5.32 Å². The van der Waals surface area contributed by atoms with Crippen molar-refractivity contribution < 1.29 is 14.7 Å². The van der Waals surface area contributed by atoms with E-state index in [4.69, 9.17) is 5.11 Å². The average molecular weight is 250 g/mol. The van der Waals surface area contributed by atoms with Gasteiger partial charge < -0.3 is 10.4 Å². The summed E-state index contributed by atoms with van der Waals surface area (Å²) in [7, 11) is 1.76. The summed E-state index contributed by atoms with van der Waals surface area (Å²) >= 11 is 0. The molecule has 0 unspecified atom stereocenters. The predicted molar refractivity (Wildman–Crippen MR) is 69.7 cm³/mol. The first-order valence-corrected chi connectivity index (χ1v) is 5.73. The van der Waals surface area contributed by atoms with Gasteiger partial charge in [-0.15, -0.1) is 0 Å². The maximum Gasteiger partial charge on any atom is 0.238 e. The summed E-state index contributed by atoms with van der Waals surface area (Å²) in [6.45, 7) is 2.19. The highest BCUT2D eigenvalue weighted by atomic mass is 16.3. The van der Waals surface area contributed by atoms with Crippen LogP contribution in [0.3, 0.4) is 0 Å². The molecule has 0 bridgehead atoms. The molecule has 0 saturated carbocycles. The van der Waals surface area contributed by atoms with Gasteiger partial charge in [-0.05, 0) is 38.2 Å². The molecule has 0 aliphatic heterocycles. The second kappa shape index (κ2) is 6.88. The van der Waals surface area contributed by atoms with Crippen LogP contribution in [0, 0.1) is 0 Å². The minimum atomic E-state index is -0.151. The van der Waals surface area contributed by atoms with Crippen molar-refractivity contribution in [2.24, 2.45) is 0 Å². The van der Waals surface area contributed by atoms with Crippen molar-refractivity contribution in [3.05, 3.63) is 29.8 Å². The third-order valence-corrected chi connectivity index (χ3v) is 2.47. The zero-order chi connectivity index (χ0) is 13.5. The minimum absolute atomic E-state index is 0.00412. The van der Waals surface area contributed by atoms with Crippen molar-refractivity contribution in [3.63, 3.8) is 0 Å². The molecule has 0 heterocycles. The Morgan fingerprint density at radius 2 is 1.89 bits per heavy atom. The number of carbonyl (C=O) groups excluding carboxylic acids is 2. The van der Waals surface area contributed by atoms with Crippen LogP contribution in [-0.2, 0) is 4.79 Å². The first kappa shape index (κ1) is 14.3. The van der Waals surface area contributed by atoms with Gasteiger partial charge in [0.2, 0.25) is 5.91 Å². The van der Waals surface area contributed by atoms with Gasteiger partial charge in [-0.2, -0.15) is 0 Å². The molecule has 0 aromatic heterocycles. The van der Waals surface area contributed by atoms with Crippen molar-refractivity contribution in [3.8, 4) is 0 Å². The van der Waals surface area contributed by atoms with Crippen LogP contribution in [0.2, 0.25) is 0 Å². The van der Waals surface area contributed by atoms with E-state index in [1.165, 1.54) is 6.92 Å². The highest BCUT2D eigenvalue weighted by Crippen LogP contribution is 2.09. The minimum Gasteiger partial charge on any atom is -0.395 e. The van der Waals surface area contributed by atoms with E-state index in [0.29, 0.717) is 17.8 Å². The molecule has 2 N–H and O–H groups in total. The van der Waals surface area contributed by atoms with E-state index in [-0.39, 0.29) is 24.8 Å². The maximum absolute atomic E-state index is 11.6. The second-order valence-electron chi connectivity index (χ2n) is 4.14. The molecule has 0 spiro atoms. The quantitative estimate of drug-likeness (QED) is 0.731. The number of benzene rings is 1. The number of nitrogens with one attached hydrogen (secondary N) is 1. The number of hydrogen-bond acceptors (Lipinski definition) is 4. The number of ketones is 1. The van der Waals surface area contributed by atoms with E-state index >= 15 is 0 Å². The lowest BCUT2D eigenvalue weighted by Gasteiger charge is -2.14. The van der Waals surface area contributed by atoms with Crippen LogP contribution in [-0.4, -0.2) is 48.4 Å². The number of anilines is 1. The Labute approximate surface area is 106 Å². The van der Waals surface area contributed by atoms with Gasteiger partial charge in [0.05, 0.1) is 13.2 Å². The van der Waals surface area contributed by atoms with Gasteiger partial charge in [-0.25, -0.2) is 0 Å². The molecule has 18 heavy (non-hydrogen) atoms. The van der Waals surface area contributed by atoms with Crippen molar-refractivity contribution in [1.82, 2.24) is 4.90 Å². The number of Topliss-reactive ketones (excluding diaryl/α,β-unsaturated/α-hetero) is 1. The second-order valence-corrected chi connectivity index (χ2v) is 4.14. The molecule has 0 aliphatic rings. The number of rotatable bonds is 6. The summed E-state index contributed by atoms with van der Waals surface area (Å²) in [4.78, 5) is 24.4. The van der Waals surface area contributed by atoms with E-state index in [0.717, 1.165) is 0 Å². The van der Waals surface area contributed by atoms with Gasteiger partial charge in [0, 0.05) is 17.8 Å². The molecule has 98 valence electrons. The molecule has 5 heteroatoms. The van der Waals surface area contributed by atoms with Gasteiger partial charge in [-0.3, -0.25) is 14.5 Å². The Morgan fingerprint density at radius 3 is 2.39 bits per heavy atom. The Bertz CT molecular complexity index is 415. The largest absolute Gasteiger partial charge is 0.395 e. The lowest BCUT2D eigenvalue weighted by molar-refractivity contribution is -0.117. The summed E-state index contributed by atoms with van der Waals surface area (Å²) in [5, 5.41) is 11.4. The lowest BCUT2D eigenvalue weighted by Crippen LogP contribution is -2.32. The lowest BCUT2D eigenvalue weighted by atomic mass is 10.1. The SMILES string of the molecule is CC(=O)c1ccc(NC(=O)CN(C)CCO)cc1. The summed E-state index contributed by atoms with van der Waals surface area (Å²) < 4.78 is 0. The average Bonchev–Trinajstić information content (AvgIpc) is 2.29. The molecule has 0 saturated heterocycles. The van der Waals surface area contributed by atoms with E-state index in [1.807, 2.05) is 0 Å². The molecule has 0 atom stereocenters. The normalized spacial score (nSPS) is 10.4. The van der Waals surface area contributed by atoms with Crippen LogP contribution < -0.4 is 5.32 Å². The first-order valence-electron chi connectivity index (χ1n) is 5.73. The first-order chi connectivity index (χ1) is 8.52. The van der Waals surface area contributed by atoms with Crippen LogP contribution in [0.25, 0.3) is 0 Å². The molecule has 1 rings (SSSR count). The Hall–Kier alpha value is -1.72. The smallest absolute Gasteiger partial charge is 0.238 e. The molecule has 0 radical (unpaired) electrons. The monoisotopic (exact) mass is 250 g/mol. The predicted octanol–water partition coefficient (Wildman–Crippen LogP) is 0.752. The van der Waals surface area contributed by atoms with Gasteiger partial charge >= 0.3 is 0 Å². The van der Waals surface area contributed by atoms with E-state index in [1.54, 1.807) is 36.2 Å². The number of amides is 1. The molecule has 0 aliphatic carbocycles. The highest BCUT2D eigenvalue weighted by molar-refractivity contribution is 5.96. The molecule has 5 nitrogen and oxygen atoms in total. The molecular weight excluding hydrogens is 232 g/mol. The Morgan fingerprint density at radius 1 is 1.28 bits per heavy atom. The topological polar surface area (TPSA) is 69.6 Å². The van der Waals surface area contributed by atoms with Crippen molar-refractivity contribution in [2.75, 3.05) is 32.1 Å². The van der Waals surface area contributed by atoms with Gasteiger partial charge in [0.25, 0.3) is 0 Å². The summed E-state index contributed by atoms with van der Waals surface area (Å²) in [5.41, 5.74) is 1.27. The Balaban J connectivity index is 2.51. The van der Waals surface area contributed by atoms with Crippen LogP contribution in [0.15, 0.2) is 24.3 Å². The fourth-order valence-corrected chi connectivity index (χ4v) is 1.48. The number of carbonyl (C=O) groups is 2. The molecule has 1 aromatic rings. The third-order valence-electron chi connectivity index (χ3n) is 2.47. The van der Waals surface area contributed by atoms with Crippen molar-refractivity contribution in [2.45, 2.75) is 6.92 Å². The Kier molecular flexibility index (Phi) is 5.48. The van der Waals surface area contributed by atoms with Crippen LogP contribution in [0.5, 0.6) is 0 Å². The fraction of sp³-hybridized carbons (Fsp3) is 0.385. The standard InChI is InChI=1S/C13H18N2O3/c1-10(17)11-3-5-12(6-4-11)14-13(18)9-15(2)7-8-16/h3-6,16H,7-9H2,1-2H3,(H,14,18). The fourth-order valence-electron chi connectivity index (χ4n) is 1.48.